The summed E-state index contributed by atoms with van der Waals surface area (Å²) in [5, 5.41) is 3.18. The number of amides is 1. The number of methoxy groups -OCH3 is 2. The van der Waals surface area contributed by atoms with E-state index in [4.69, 9.17) is 37.4 Å². The number of para-hydroxylation sites is 1. The highest BCUT2D eigenvalue weighted by molar-refractivity contribution is 6.37. The van der Waals surface area contributed by atoms with E-state index >= 15 is 0 Å². The molecule has 0 spiro atoms. The fraction of sp³-hybridized carbons (Fsp3) is 0.261. The first-order valence-electron chi connectivity index (χ1n) is 9.87. The van der Waals surface area contributed by atoms with Crippen LogP contribution in [0.15, 0.2) is 48.5 Å². The number of imidazole rings is 1. The molecule has 0 saturated heterocycles. The zero-order valence-corrected chi connectivity index (χ0v) is 20.0. The van der Waals surface area contributed by atoms with Crippen LogP contribution in [0.5, 0.6) is 6.01 Å². The summed E-state index contributed by atoms with van der Waals surface area (Å²) in [6.45, 7) is 3.58. The molecule has 1 N–H and O–H groups in total. The Kier molecular flexibility index (Phi) is 7.63. The van der Waals surface area contributed by atoms with Gasteiger partial charge in [-0.25, -0.2) is 4.79 Å². The number of nitrogens with zero attached hydrogens (tertiary/aromatic N) is 2. The van der Waals surface area contributed by atoms with Gasteiger partial charge >= 0.3 is 12.0 Å². The average Bonchev–Trinajstić information content (AvgIpc) is 3.12. The van der Waals surface area contributed by atoms with Gasteiger partial charge in [-0.3, -0.25) is 9.36 Å². The summed E-state index contributed by atoms with van der Waals surface area (Å²) in [7, 11) is 2.92. The van der Waals surface area contributed by atoms with E-state index in [0.29, 0.717) is 10.7 Å². The molecule has 1 amide bonds. The van der Waals surface area contributed by atoms with Crippen molar-refractivity contribution >= 4 is 40.9 Å². The van der Waals surface area contributed by atoms with E-state index in [1.807, 2.05) is 6.07 Å². The molecule has 33 heavy (non-hydrogen) atoms. The van der Waals surface area contributed by atoms with Crippen molar-refractivity contribution in [1.29, 1.82) is 0 Å². The molecule has 10 heteroatoms. The Morgan fingerprint density at radius 1 is 1.09 bits per heavy atom. The summed E-state index contributed by atoms with van der Waals surface area (Å²) < 4.78 is 17.7. The predicted octanol–water partition coefficient (Wildman–Crippen LogP) is 5.02. The topological polar surface area (TPSA) is 91.7 Å². The molecule has 0 bridgehead atoms. The summed E-state index contributed by atoms with van der Waals surface area (Å²) in [6.07, 6.45) is 0. The third kappa shape index (κ3) is 5.65. The Bertz CT molecular complexity index is 1160. The first-order valence-corrected chi connectivity index (χ1v) is 10.6. The second-order valence-electron chi connectivity index (χ2n) is 7.63. The molecule has 0 aliphatic rings. The Morgan fingerprint density at radius 2 is 1.79 bits per heavy atom. The predicted molar refractivity (Wildman–Crippen MR) is 126 cm³/mol. The number of aromatic nitrogens is 2. The lowest BCUT2D eigenvalue weighted by atomic mass is 10.1. The molecule has 0 unspecified atom stereocenters. The van der Waals surface area contributed by atoms with E-state index in [-0.39, 0.29) is 34.7 Å². The molecule has 0 fully saturated rings. The number of nitrogens with one attached hydrogen (secondary N) is 1. The molecule has 0 aliphatic heterocycles. The third-order valence-corrected chi connectivity index (χ3v) is 5.05. The van der Waals surface area contributed by atoms with Gasteiger partial charge in [0.25, 0.3) is 5.91 Å². The smallest absolute Gasteiger partial charge is 0.359 e. The summed E-state index contributed by atoms with van der Waals surface area (Å²) in [4.78, 5) is 30.6. The van der Waals surface area contributed by atoms with E-state index in [1.54, 1.807) is 38.1 Å². The van der Waals surface area contributed by atoms with Crippen LogP contribution in [0.3, 0.4) is 0 Å². The summed E-state index contributed by atoms with van der Waals surface area (Å²) >= 11 is 12.1. The van der Waals surface area contributed by atoms with Crippen LogP contribution in [0.25, 0.3) is 5.69 Å². The van der Waals surface area contributed by atoms with Crippen LogP contribution in [0.2, 0.25) is 10.0 Å². The summed E-state index contributed by atoms with van der Waals surface area (Å²) in [5.41, 5.74) is -0.219. The van der Waals surface area contributed by atoms with E-state index in [0.717, 1.165) is 0 Å². The van der Waals surface area contributed by atoms with Gasteiger partial charge in [0.2, 0.25) is 0 Å². The van der Waals surface area contributed by atoms with Crippen molar-refractivity contribution < 1.29 is 23.8 Å². The minimum Gasteiger partial charge on any atom is -0.468 e. The molecule has 3 aromatic rings. The first kappa shape index (κ1) is 24.6. The Balaban J connectivity index is 2.10. The van der Waals surface area contributed by atoms with Gasteiger partial charge in [-0.05, 0) is 44.2 Å². The SMILES string of the molecule is COCC(C)(C)OC(=O)c1c(NC(=O)c2ccc(Cl)cc2Cl)nc(OC)n1-c1ccccc1. The van der Waals surface area contributed by atoms with Gasteiger partial charge in [-0.1, -0.05) is 41.4 Å². The lowest BCUT2D eigenvalue weighted by Gasteiger charge is -2.24. The van der Waals surface area contributed by atoms with Crippen molar-refractivity contribution in [3.8, 4) is 11.7 Å². The maximum Gasteiger partial charge on any atom is 0.359 e. The number of carbonyl (C=O) groups excluding carboxylic acids is 2. The van der Waals surface area contributed by atoms with Crippen molar-refractivity contribution in [3.05, 3.63) is 69.8 Å². The number of hydrogen-bond donors (Lipinski definition) is 1. The number of anilines is 1. The minimum absolute atomic E-state index is 0.0272. The molecule has 0 radical (unpaired) electrons. The van der Waals surface area contributed by atoms with E-state index in [9.17, 15) is 9.59 Å². The number of rotatable bonds is 8. The van der Waals surface area contributed by atoms with E-state index in [2.05, 4.69) is 10.3 Å². The lowest BCUT2D eigenvalue weighted by Crippen LogP contribution is -2.34. The Morgan fingerprint density at radius 3 is 2.39 bits per heavy atom. The van der Waals surface area contributed by atoms with Gasteiger partial charge in [0.05, 0.1) is 30.0 Å². The molecule has 8 nitrogen and oxygen atoms in total. The van der Waals surface area contributed by atoms with Crippen LogP contribution in [-0.4, -0.2) is 47.9 Å². The molecular weight excluding hydrogens is 469 g/mol. The van der Waals surface area contributed by atoms with E-state index < -0.39 is 17.5 Å². The highest BCUT2D eigenvalue weighted by Crippen LogP contribution is 2.30. The van der Waals surface area contributed by atoms with Crippen LogP contribution >= 0.6 is 23.2 Å². The van der Waals surface area contributed by atoms with Crippen LogP contribution in [-0.2, 0) is 9.47 Å². The quantitative estimate of drug-likeness (QED) is 0.444. The van der Waals surface area contributed by atoms with Crippen molar-refractivity contribution in [2.45, 2.75) is 19.4 Å². The maximum absolute atomic E-state index is 13.3. The van der Waals surface area contributed by atoms with Crippen molar-refractivity contribution in [3.63, 3.8) is 0 Å². The van der Waals surface area contributed by atoms with Crippen LogP contribution in [0, 0.1) is 0 Å². The summed E-state index contributed by atoms with van der Waals surface area (Å²) in [6, 6.07) is 13.5. The van der Waals surface area contributed by atoms with Crippen LogP contribution in [0.4, 0.5) is 5.82 Å². The highest BCUT2D eigenvalue weighted by Gasteiger charge is 2.32. The highest BCUT2D eigenvalue weighted by atomic mass is 35.5. The molecule has 1 aromatic heterocycles. The molecule has 174 valence electrons. The Labute approximate surface area is 201 Å². The molecule has 3 rings (SSSR count). The van der Waals surface area contributed by atoms with Gasteiger partial charge in [0.15, 0.2) is 11.5 Å². The Hall–Kier alpha value is -3.07. The zero-order chi connectivity index (χ0) is 24.2. The van der Waals surface area contributed by atoms with Gasteiger partial charge in [-0.15, -0.1) is 0 Å². The molecule has 0 aliphatic carbocycles. The average molecular weight is 492 g/mol. The number of benzene rings is 2. The number of esters is 1. The largest absolute Gasteiger partial charge is 0.468 e. The second-order valence-corrected chi connectivity index (χ2v) is 8.47. The van der Waals surface area contributed by atoms with Gasteiger partial charge < -0.3 is 19.5 Å². The second kappa shape index (κ2) is 10.2. The normalized spacial score (nSPS) is 11.2. The number of carbonyl (C=O) groups is 2. The maximum atomic E-state index is 13.3. The standard InChI is InChI=1S/C23H23Cl2N3O5/c1-23(2,13-31-3)33-21(30)18-19(26-20(29)16-11-10-14(24)12-17(16)25)27-22(32-4)28(18)15-8-6-5-7-9-15/h5-12H,13H2,1-4H3,(H,26,29). The molecule has 0 atom stereocenters. The molecule has 0 saturated carbocycles. The van der Waals surface area contributed by atoms with E-state index in [1.165, 1.54) is 37.0 Å². The lowest BCUT2D eigenvalue weighted by molar-refractivity contribution is -0.0370. The fourth-order valence-corrected chi connectivity index (χ4v) is 3.65. The first-order chi connectivity index (χ1) is 15.7. The third-order valence-electron chi connectivity index (χ3n) is 4.51. The molecule has 1 heterocycles. The monoisotopic (exact) mass is 491 g/mol. The van der Waals surface area contributed by atoms with Crippen LogP contribution < -0.4 is 10.1 Å². The van der Waals surface area contributed by atoms with Gasteiger partial charge in [-0.2, -0.15) is 4.98 Å². The molecule has 2 aromatic carbocycles. The minimum atomic E-state index is -0.939. The van der Waals surface area contributed by atoms with Crippen molar-refractivity contribution in [2.24, 2.45) is 0 Å². The van der Waals surface area contributed by atoms with Gasteiger partial charge in [0.1, 0.15) is 5.60 Å². The summed E-state index contributed by atoms with van der Waals surface area (Å²) in [5.74, 6) is -1.36. The number of ether oxygens (including phenoxy) is 3. The zero-order valence-electron chi connectivity index (χ0n) is 18.5. The fourth-order valence-electron chi connectivity index (χ4n) is 3.15. The van der Waals surface area contributed by atoms with Crippen molar-refractivity contribution in [2.75, 3.05) is 26.1 Å². The van der Waals surface area contributed by atoms with Gasteiger partial charge in [0, 0.05) is 12.1 Å². The van der Waals surface area contributed by atoms with Crippen molar-refractivity contribution in [1.82, 2.24) is 9.55 Å². The number of hydrogen-bond acceptors (Lipinski definition) is 6. The number of halogens is 2. The molecular formula is C23H23Cl2N3O5. The van der Waals surface area contributed by atoms with Crippen LogP contribution in [0.1, 0.15) is 34.7 Å².